The Morgan fingerprint density at radius 3 is 1.58 bits per heavy atom. The van der Waals surface area contributed by atoms with E-state index in [1.807, 2.05) is 41.0 Å². The second-order valence-electron chi connectivity index (χ2n) is 23.2. The van der Waals surface area contributed by atoms with Crippen molar-refractivity contribution in [1.82, 2.24) is 59.0 Å². The number of benzene rings is 3. The number of Topliss-reactive ketones (excluding diaryl/α,β-unsaturated/α-hetero) is 1. The Hall–Kier alpha value is -11.4. The van der Waals surface area contributed by atoms with Crippen molar-refractivity contribution in [2.24, 2.45) is 0 Å². The second kappa shape index (κ2) is 32.3. The first-order valence-electron chi connectivity index (χ1n) is 31.5. The number of hydrogen-bond donors (Lipinski definition) is 5. The average Bonchev–Trinajstić information content (AvgIpc) is 1.71. The molecule has 0 radical (unpaired) electrons. The first-order chi connectivity index (χ1) is 48.3. The summed E-state index contributed by atoms with van der Waals surface area (Å²) in [5.74, 6) is -4.07. The predicted octanol–water partition coefficient (Wildman–Crippen LogP) is 14.8. The molecule has 0 aliphatic rings. The first kappa shape index (κ1) is 74.8. The van der Waals surface area contributed by atoms with E-state index >= 15 is 0 Å². The molecule has 538 valence electrons. The van der Waals surface area contributed by atoms with E-state index < -0.39 is 61.6 Å². The van der Waals surface area contributed by atoms with E-state index in [1.165, 1.54) is 24.4 Å². The molecule has 3 aromatic carbocycles. The minimum atomic E-state index is -4.55. The number of fused-ring (bicyclic) bond motifs is 3. The van der Waals surface area contributed by atoms with Crippen molar-refractivity contribution < 1.29 is 86.8 Å². The number of hydrogen-bond acceptors (Lipinski definition) is 16. The van der Waals surface area contributed by atoms with Gasteiger partial charge >= 0.3 is 30.3 Å². The van der Waals surface area contributed by atoms with Gasteiger partial charge in [0.15, 0.2) is 5.82 Å². The summed E-state index contributed by atoms with van der Waals surface area (Å²) in [4.78, 5) is 57.0. The van der Waals surface area contributed by atoms with Gasteiger partial charge in [-0.3, -0.25) is 18.0 Å². The van der Waals surface area contributed by atoms with E-state index in [0.29, 0.717) is 110 Å². The summed E-state index contributed by atoms with van der Waals surface area (Å²) in [5.41, 5.74) is 8.52. The van der Waals surface area contributed by atoms with Gasteiger partial charge in [0.25, 0.3) is 0 Å². The molecule has 0 spiro atoms. The molecule has 11 rings (SSSR count). The Balaban J connectivity index is 0.000000179. The molecule has 0 unspecified atom stereocenters. The van der Waals surface area contributed by atoms with Gasteiger partial charge in [0, 0.05) is 115 Å². The minimum Gasteiger partial charge on any atom is -0.494 e. The molecule has 33 heteroatoms. The number of aliphatic hydroxyl groups excluding tert-OH is 1. The molecule has 0 bridgehead atoms. The molecule has 23 nitrogen and oxygen atoms in total. The van der Waals surface area contributed by atoms with Crippen LogP contribution in [0.15, 0.2) is 145 Å². The molecule has 8 aromatic heterocycles. The number of ketones is 1. The lowest BCUT2D eigenvalue weighted by atomic mass is 10.0. The number of halogens is 10. The number of imidazole rings is 3. The third-order valence-electron chi connectivity index (χ3n) is 14.3. The van der Waals surface area contributed by atoms with Gasteiger partial charge in [0.2, 0.25) is 17.7 Å². The number of rotatable bonds is 24. The summed E-state index contributed by atoms with van der Waals surface area (Å²) in [6.45, 7) is 8.49. The van der Waals surface area contributed by atoms with Gasteiger partial charge in [-0.25, -0.2) is 43.3 Å². The number of aromatic nitrogens is 10. The molecule has 5 N–H and O–H groups in total. The fourth-order valence-electron chi connectivity index (χ4n) is 10.0. The highest BCUT2D eigenvalue weighted by Crippen LogP contribution is 2.35. The van der Waals surface area contributed by atoms with Crippen LogP contribution >= 0.6 is 0 Å². The maximum absolute atomic E-state index is 13.7. The highest BCUT2D eigenvalue weighted by atomic mass is 19.4. The number of anilines is 2. The highest BCUT2D eigenvalue weighted by molar-refractivity contribution is 5.91. The summed E-state index contributed by atoms with van der Waals surface area (Å²) in [7, 11) is 0. The third kappa shape index (κ3) is 21.1. The number of aliphatic hydroxyl groups is 1. The van der Waals surface area contributed by atoms with E-state index in [9.17, 15) is 58.3 Å². The van der Waals surface area contributed by atoms with E-state index in [1.54, 1.807) is 134 Å². The van der Waals surface area contributed by atoms with Crippen molar-refractivity contribution in [1.29, 1.82) is 0 Å². The molecule has 0 aliphatic carbocycles. The third-order valence-corrected chi connectivity index (χ3v) is 14.3. The van der Waals surface area contributed by atoms with Crippen molar-refractivity contribution in [2.45, 2.75) is 98.0 Å². The van der Waals surface area contributed by atoms with Crippen LogP contribution in [0.4, 0.5) is 64.9 Å². The number of urea groups is 2. The van der Waals surface area contributed by atoms with Crippen molar-refractivity contribution in [3.63, 3.8) is 0 Å². The second-order valence-corrected chi connectivity index (χ2v) is 23.2. The molecule has 102 heavy (non-hydrogen) atoms. The monoisotopic (exact) mass is 1430 g/mol. The topological polar surface area (TPSA) is 273 Å². The fraction of sp³-hybridized carbons (Fsp3) is 0.304. The quantitative estimate of drug-likeness (QED) is 0.0352. The summed E-state index contributed by atoms with van der Waals surface area (Å²) >= 11 is 0. The Morgan fingerprint density at radius 2 is 1.09 bits per heavy atom. The number of carbonyl (C=O) groups excluding carboxylic acids is 3. The average molecular weight is 1430 g/mol. The predicted molar refractivity (Wildman–Crippen MR) is 356 cm³/mol. The molecule has 8 heterocycles. The molecule has 0 fully saturated rings. The number of aryl methyl sites for hydroxylation is 1. The van der Waals surface area contributed by atoms with Crippen molar-refractivity contribution in [3.05, 3.63) is 158 Å². The van der Waals surface area contributed by atoms with Gasteiger partial charge in [0.05, 0.1) is 67.3 Å². The van der Waals surface area contributed by atoms with Crippen LogP contribution in [-0.4, -0.2) is 135 Å². The zero-order valence-electron chi connectivity index (χ0n) is 55.7. The zero-order chi connectivity index (χ0) is 73.7. The molecular formula is C69H68F10N14O9. The minimum absolute atomic E-state index is 0.0499. The molecule has 0 saturated carbocycles. The van der Waals surface area contributed by atoms with Gasteiger partial charge < -0.3 is 49.7 Å². The Morgan fingerprint density at radius 1 is 0.578 bits per heavy atom. The summed E-state index contributed by atoms with van der Waals surface area (Å²) < 4.78 is 161. The number of carbonyl (C=O) groups is 3. The van der Waals surface area contributed by atoms with Gasteiger partial charge in [-0.15, -0.1) is 10.2 Å². The van der Waals surface area contributed by atoms with Crippen LogP contribution in [0.5, 0.6) is 23.0 Å². The first-order valence-corrected chi connectivity index (χ1v) is 31.5. The van der Waals surface area contributed by atoms with Crippen LogP contribution < -0.4 is 40.2 Å². The van der Waals surface area contributed by atoms with Crippen LogP contribution in [0.1, 0.15) is 71.7 Å². The van der Waals surface area contributed by atoms with Gasteiger partial charge in [-0.1, -0.05) is 0 Å². The standard InChI is InChI=1S/C24H21F5N6O2.C24H28F2N2O4.C21H19F3N6O3/c1-3-37-17-9-15(8-16(11-17)33-22(36)32-13-24(27,28)29)19-12-31-20-10-14(5-7-35(19)20)18-4-6-30-21(34-18)23(2,25)26;1-16(2)32-21-12-17(11-19(30)4-6-24(3,25)26)10-18(13-21)22-15-27-23-14-20(31-9-8-29)5-7-28(22)23;1-3-32-16-7-14(6-15(9-16)27-20(31)26-11-21(22,23)24)17-10-25-18-8-13(4-5-30(17)18)19-29-28-12(2)33-19/h4-12H,3,13H2,1-2H3,(H2,32,33,36);5,7,10,12-16,29H,4,6,8-9,11H2,1-3H3;4-10H,3,11H2,1-2H3,(H2,26,27,31). The van der Waals surface area contributed by atoms with E-state index in [-0.39, 0.29) is 49.3 Å². The maximum Gasteiger partial charge on any atom is 0.405 e. The van der Waals surface area contributed by atoms with Crippen LogP contribution in [0.3, 0.4) is 0 Å². The van der Waals surface area contributed by atoms with Crippen molar-refractivity contribution in [3.8, 4) is 79.5 Å². The lowest BCUT2D eigenvalue weighted by molar-refractivity contribution is -0.123. The van der Waals surface area contributed by atoms with Crippen LogP contribution in [-0.2, 0) is 17.1 Å². The van der Waals surface area contributed by atoms with Crippen LogP contribution in [0.25, 0.3) is 73.4 Å². The van der Waals surface area contributed by atoms with Crippen LogP contribution in [0.2, 0.25) is 0 Å². The normalized spacial score (nSPS) is 11.8. The summed E-state index contributed by atoms with van der Waals surface area (Å²) in [6, 6.07) is 25.1. The van der Waals surface area contributed by atoms with E-state index in [4.69, 9.17) is 28.5 Å². The lowest BCUT2D eigenvalue weighted by Gasteiger charge is -2.14. The van der Waals surface area contributed by atoms with E-state index in [0.717, 1.165) is 25.1 Å². The largest absolute Gasteiger partial charge is 0.494 e. The van der Waals surface area contributed by atoms with Crippen molar-refractivity contribution >= 4 is 46.2 Å². The lowest BCUT2D eigenvalue weighted by Crippen LogP contribution is -2.36. The number of pyridine rings is 3. The number of amides is 4. The number of alkyl halides is 10. The Labute approximate surface area is 575 Å². The number of nitrogens with zero attached hydrogens (tertiary/aromatic N) is 10. The molecular weight excluding hydrogens is 1360 g/mol. The number of nitrogens with one attached hydrogen (secondary N) is 4. The number of ether oxygens (including phenoxy) is 4. The molecule has 4 amide bonds. The fourth-order valence-corrected chi connectivity index (χ4v) is 10.0. The van der Waals surface area contributed by atoms with Gasteiger partial charge in [-0.05, 0) is 119 Å². The smallest absolute Gasteiger partial charge is 0.405 e. The highest BCUT2D eigenvalue weighted by Gasteiger charge is 2.31. The SMILES string of the molecule is CC(C)Oc1cc(CC(=O)CCC(C)(F)F)cc(-c2cnc3cc(OCCO)ccn23)c1.CCOc1cc(NC(=O)NCC(F)(F)F)cc(-c2cnc3cc(-c4ccnc(C(C)(F)F)n4)ccn23)c1.CCOc1cc(NC(=O)NCC(F)(F)F)cc(-c2cnc3cc(-c4nnc(C)o4)ccn23)c1. The Kier molecular flexibility index (Phi) is 23.7. The van der Waals surface area contributed by atoms with Gasteiger partial charge in [-0.2, -0.15) is 35.1 Å². The van der Waals surface area contributed by atoms with Crippen molar-refractivity contribution in [2.75, 3.05) is 50.2 Å². The Bertz CT molecular complexity index is 4730. The molecule has 0 atom stereocenters. The summed E-state index contributed by atoms with van der Waals surface area (Å²) in [5, 5.41) is 25.1. The molecule has 11 aromatic rings. The zero-order valence-corrected chi connectivity index (χ0v) is 55.7. The maximum atomic E-state index is 13.7. The molecule has 0 saturated heterocycles. The van der Waals surface area contributed by atoms with E-state index in [2.05, 4.69) is 45.8 Å². The molecule has 0 aliphatic heterocycles. The van der Waals surface area contributed by atoms with Gasteiger partial charge in [0.1, 0.15) is 65.4 Å². The van der Waals surface area contributed by atoms with Crippen LogP contribution in [0, 0.1) is 6.92 Å². The summed E-state index contributed by atoms with van der Waals surface area (Å²) in [6.07, 6.45) is 1.72.